The first kappa shape index (κ1) is 10.6. The lowest BCUT2D eigenvalue weighted by Gasteiger charge is -2.12. The number of hydrogen-bond donors (Lipinski definition) is 2. The molecule has 0 saturated heterocycles. The highest BCUT2D eigenvalue weighted by atomic mass is 16.5. The topological polar surface area (TPSA) is 55.5 Å². The molecule has 3 N–H and O–H groups in total. The van der Waals surface area contributed by atoms with Crippen LogP contribution in [0.3, 0.4) is 0 Å². The highest BCUT2D eigenvalue weighted by Crippen LogP contribution is 2.28. The molecule has 76 valence electrons. The van der Waals surface area contributed by atoms with Crippen LogP contribution in [0, 0.1) is 0 Å². The van der Waals surface area contributed by atoms with E-state index in [-0.39, 0.29) is 11.8 Å². The Morgan fingerprint density at radius 1 is 1.64 bits per heavy atom. The van der Waals surface area contributed by atoms with E-state index in [1.807, 2.05) is 0 Å². The third kappa shape index (κ3) is 2.26. The van der Waals surface area contributed by atoms with E-state index in [1.54, 1.807) is 31.4 Å². The van der Waals surface area contributed by atoms with E-state index in [2.05, 4.69) is 6.58 Å². The van der Waals surface area contributed by atoms with E-state index in [0.29, 0.717) is 17.7 Å². The van der Waals surface area contributed by atoms with Crippen LogP contribution >= 0.6 is 0 Å². The molecule has 3 nitrogen and oxygen atoms in total. The van der Waals surface area contributed by atoms with Gasteiger partial charge in [-0.05, 0) is 24.6 Å². The third-order valence-corrected chi connectivity index (χ3v) is 2.05. The average molecular weight is 193 g/mol. The Hall–Kier alpha value is -1.48. The van der Waals surface area contributed by atoms with Crippen LogP contribution in [-0.4, -0.2) is 12.2 Å². The van der Waals surface area contributed by atoms with E-state index >= 15 is 0 Å². The molecule has 1 atom stereocenters. The van der Waals surface area contributed by atoms with Crippen LogP contribution in [0.2, 0.25) is 0 Å². The molecule has 1 rings (SSSR count). The minimum Gasteiger partial charge on any atom is -0.508 e. The predicted octanol–water partition coefficient (Wildman–Crippen LogP) is 1.98. The lowest BCUT2D eigenvalue weighted by atomic mass is 10.0. The van der Waals surface area contributed by atoms with Crippen molar-refractivity contribution in [2.45, 2.75) is 12.5 Å². The quantitative estimate of drug-likeness (QED) is 0.719. The maximum atomic E-state index is 9.56. The number of rotatable bonds is 4. The number of phenolic OH excluding ortho intramolecular Hbond substituents is 1. The van der Waals surface area contributed by atoms with Crippen molar-refractivity contribution in [3.63, 3.8) is 0 Å². The van der Waals surface area contributed by atoms with Gasteiger partial charge in [0.15, 0.2) is 0 Å². The molecule has 0 spiro atoms. The number of aromatic hydroxyl groups is 1. The van der Waals surface area contributed by atoms with Crippen LogP contribution in [0.15, 0.2) is 30.9 Å². The van der Waals surface area contributed by atoms with Crippen molar-refractivity contribution >= 4 is 0 Å². The monoisotopic (exact) mass is 193 g/mol. The van der Waals surface area contributed by atoms with Gasteiger partial charge in [0.2, 0.25) is 0 Å². The number of methoxy groups -OCH3 is 1. The van der Waals surface area contributed by atoms with E-state index in [0.717, 1.165) is 0 Å². The zero-order chi connectivity index (χ0) is 10.6. The van der Waals surface area contributed by atoms with Crippen LogP contribution in [-0.2, 0) is 0 Å². The summed E-state index contributed by atoms with van der Waals surface area (Å²) < 4.78 is 5.05. The normalized spacial score (nSPS) is 12.1. The van der Waals surface area contributed by atoms with Crippen LogP contribution < -0.4 is 10.5 Å². The molecule has 0 aromatic heterocycles. The second-order valence-corrected chi connectivity index (χ2v) is 3.06. The lowest BCUT2D eigenvalue weighted by molar-refractivity contribution is 0.409. The fraction of sp³-hybridized carbons (Fsp3) is 0.273. The molecular formula is C11H15NO2. The summed E-state index contributed by atoms with van der Waals surface area (Å²) in [5.41, 5.74) is 6.53. The zero-order valence-electron chi connectivity index (χ0n) is 8.23. The molecule has 0 fully saturated rings. The molecule has 1 aromatic rings. The molecule has 0 heterocycles. The van der Waals surface area contributed by atoms with Gasteiger partial charge in [0, 0.05) is 11.6 Å². The molecule has 3 heteroatoms. The largest absolute Gasteiger partial charge is 0.508 e. The van der Waals surface area contributed by atoms with Gasteiger partial charge in [0.05, 0.1) is 7.11 Å². The standard InChI is InChI=1S/C11H15NO2/c1-3-4-10(12)9-7-8(14-2)5-6-11(9)13/h3,5-7,10,13H,1,4,12H2,2H3/t10-/m1/s1. The summed E-state index contributed by atoms with van der Waals surface area (Å²) in [6.45, 7) is 3.61. The van der Waals surface area contributed by atoms with Gasteiger partial charge in [-0.2, -0.15) is 0 Å². The fourth-order valence-corrected chi connectivity index (χ4v) is 1.26. The molecule has 0 aliphatic carbocycles. The highest BCUT2D eigenvalue weighted by Gasteiger charge is 2.10. The Kier molecular flexibility index (Phi) is 3.54. The molecule has 0 aliphatic heterocycles. The molecular weight excluding hydrogens is 178 g/mol. The van der Waals surface area contributed by atoms with Gasteiger partial charge in [0.1, 0.15) is 11.5 Å². The van der Waals surface area contributed by atoms with Crippen LogP contribution in [0.25, 0.3) is 0 Å². The van der Waals surface area contributed by atoms with Crippen molar-refractivity contribution in [3.8, 4) is 11.5 Å². The van der Waals surface area contributed by atoms with Crippen LogP contribution in [0.5, 0.6) is 11.5 Å². The minimum absolute atomic E-state index is 0.195. The number of nitrogens with two attached hydrogens (primary N) is 1. The molecule has 0 unspecified atom stereocenters. The third-order valence-electron chi connectivity index (χ3n) is 2.05. The summed E-state index contributed by atoms with van der Waals surface area (Å²) >= 11 is 0. The number of hydrogen-bond acceptors (Lipinski definition) is 3. The number of benzene rings is 1. The smallest absolute Gasteiger partial charge is 0.120 e. The van der Waals surface area contributed by atoms with Gasteiger partial charge in [0.25, 0.3) is 0 Å². The van der Waals surface area contributed by atoms with E-state index in [1.165, 1.54) is 0 Å². The predicted molar refractivity (Wildman–Crippen MR) is 56.4 cm³/mol. The second kappa shape index (κ2) is 4.67. The summed E-state index contributed by atoms with van der Waals surface area (Å²) in [6.07, 6.45) is 2.35. The van der Waals surface area contributed by atoms with Crippen molar-refractivity contribution in [2.75, 3.05) is 7.11 Å². The van der Waals surface area contributed by atoms with Gasteiger partial charge in [-0.15, -0.1) is 6.58 Å². The van der Waals surface area contributed by atoms with Gasteiger partial charge in [-0.25, -0.2) is 0 Å². The molecule has 0 radical (unpaired) electrons. The van der Waals surface area contributed by atoms with E-state index in [9.17, 15) is 5.11 Å². The van der Waals surface area contributed by atoms with Crippen molar-refractivity contribution in [3.05, 3.63) is 36.4 Å². The SMILES string of the molecule is C=CC[C@@H](N)c1cc(OC)ccc1O. The lowest BCUT2D eigenvalue weighted by Crippen LogP contribution is -2.09. The second-order valence-electron chi connectivity index (χ2n) is 3.06. The Bertz CT molecular complexity index is 323. The average Bonchev–Trinajstić information content (AvgIpc) is 2.19. The Labute approximate surface area is 83.8 Å². The first-order valence-corrected chi connectivity index (χ1v) is 4.42. The Morgan fingerprint density at radius 2 is 2.36 bits per heavy atom. The maximum Gasteiger partial charge on any atom is 0.120 e. The first-order chi connectivity index (χ1) is 6.69. The van der Waals surface area contributed by atoms with Crippen molar-refractivity contribution in [2.24, 2.45) is 5.73 Å². The zero-order valence-corrected chi connectivity index (χ0v) is 8.23. The van der Waals surface area contributed by atoms with Crippen molar-refractivity contribution < 1.29 is 9.84 Å². The molecule has 14 heavy (non-hydrogen) atoms. The summed E-state index contributed by atoms with van der Waals surface area (Å²) in [5, 5.41) is 9.56. The molecule has 0 aliphatic rings. The van der Waals surface area contributed by atoms with Gasteiger partial charge in [-0.1, -0.05) is 6.08 Å². The highest BCUT2D eigenvalue weighted by molar-refractivity contribution is 5.41. The first-order valence-electron chi connectivity index (χ1n) is 4.42. The van der Waals surface area contributed by atoms with Gasteiger partial charge in [-0.3, -0.25) is 0 Å². The van der Waals surface area contributed by atoms with Crippen LogP contribution in [0.4, 0.5) is 0 Å². The molecule has 1 aromatic carbocycles. The minimum atomic E-state index is -0.234. The number of ether oxygens (including phenoxy) is 1. The van der Waals surface area contributed by atoms with E-state index in [4.69, 9.17) is 10.5 Å². The van der Waals surface area contributed by atoms with Gasteiger partial charge >= 0.3 is 0 Å². The molecule has 0 amide bonds. The maximum absolute atomic E-state index is 9.56. The van der Waals surface area contributed by atoms with Crippen molar-refractivity contribution in [1.82, 2.24) is 0 Å². The summed E-state index contributed by atoms with van der Waals surface area (Å²) in [7, 11) is 1.58. The Morgan fingerprint density at radius 3 is 2.93 bits per heavy atom. The molecule has 0 saturated carbocycles. The summed E-state index contributed by atoms with van der Waals surface area (Å²) in [4.78, 5) is 0. The summed E-state index contributed by atoms with van der Waals surface area (Å²) in [6, 6.07) is 4.78. The van der Waals surface area contributed by atoms with E-state index < -0.39 is 0 Å². The number of phenols is 1. The summed E-state index contributed by atoms with van der Waals surface area (Å²) in [5.74, 6) is 0.887. The Balaban J connectivity index is 2.98. The van der Waals surface area contributed by atoms with Crippen LogP contribution in [0.1, 0.15) is 18.0 Å². The van der Waals surface area contributed by atoms with Crippen molar-refractivity contribution in [1.29, 1.82) is 0 Å². The molecule has 0 bridgehead atoms. The van der Waals surface area contributed by atoms with Gasteiger partial charge < -0.3 is 15.6 Å². The fourth-order valence-electron chi connectivity index (χ4n) is 1.26.